The first-order valence-corrected chi connectivity index (χ1v) is 13.6. The molecule has 41 heavy (non-hydrogen) atoms. The zero-order valence-corrected chi connectivity index (χ0v) is 23.4. The van der Waals surface area contributed by atoms with Gasteiger partial charge in [0.05, 0.1) is 13.5 Å². The summed E-state index contributed by atoms with van der Waals surface area (Å²) in [4.78, 5) is 40.2. The first kappa shape index (κ1) is 29.4. The van der Waals surface area contributed by atoms with Gasteiger partial charge in [-0.05, 0) is 65.1 Å². The van der Waals surface area contributed by atoms with E-state index in [1.807, 2.05) is 48.5 Å². The molecule has 4 aromatic carbocycles. The first-order chi connectivity index (χ1) is 19.9. The van der Waals surface area contributed by atoms with E-state index in [0.29, 0.717) is 52.5 Å². The summed E-state index contributed by atoms with van der Waals surface area (Å²) in [5.41, 5.74) is 3.83. The van der Waals surface area contributed by atoms with Crippen LogP contribution < -0.4 is 10.1 Å². The molecule has 0 aliphatic carbocycles. The van der Waals surface area contributed by atoms with Gasteiger partial charge in [-0.1, -0.05) is 72.3 Å². The van der Waals surface area contributed by atoms with Crippen LogP contribution in [0.2, 0.25) is 5.02 Å². The summed E-state index contributed by atoms with van der Waals surface area (Å²) < 4.78 is 5.30. The van der Waals surface area contributed by atoms with E-state index in [0.717, 1.165) is 11.1 Å². The second-order valence-corrected chi connectivity index (χ2v) is 9.88. The number of carboxylic acids is 1. The highest BCUT2D eigenvalue weighted by Crippen LogP contribution is 2.29. The highest BCUT2D eigenvalue weighted by Gasteiger charge is 2.22. The van der Waals surface area contributed by atoms with Crippen molar-refractivity contribution in [3.05, 3.63) is 124 Å². The molecule has 0 spiro atoms. The van der Waals surface area contributed by atoms with Crippen molar-refractivity contribution in [2.24, 2.45) is 0 Å². The number of carbonyl (C=O) groups excluding carboxylic acids is 2. The molecule has 210 valence electrons. The Morgan fingerprint density at radius 2 is 1.46 bits per heavy atom. The summed E-state index contributed by atoms with van der Waals surface area (Å²) in [7, 11) is 1.59. The molecule has 0 saturated carbocycles. The molecule has 8 heteroatoms. The van der Waals surface area contributed by atoms with Crippen LogP contribution >= 0.6 is 11.6 Å². The highest BCUT2D eigenvalue weighted by molar-refractivity contribution is 6.30. The van der Waals surface area contributed by atoms with Gasteiger partial charge in [-0.3, -0.25) is 14.4 Å². The molecule has 0 heterocycles. The number of nitrogens with one attached hydrogen (secondary N) is 1. The Balaban J connectivity index is 1.60. The number of halogens is 1. The third-order valence-corrected chi connectivity index (χ3v) is 6.88. The second kappa shape index (κ2) is 14.1. The molecule has 0 aromatic heterocycles. The van der Waals surface area contributed by atoms with E-state index in [2.05, 4.69) is 5.32 Å². The van der Waals surface area contributed by atoms with Crippen LogP contribution in [0.1, 0.15) is 38.3 Å². The van der Waals surface area contributed by atoms with Crippen LogP contribution in [0.5, 0.6) is 5.75 Å². The van der Waals surface area contributed by atoms with Crippen LogP contribution in [0.25, 0.3) is 11.1 Å². The maximum atomic E-state index is 13.9. The lowest BCUT2D eigenvalue weighted by atomic mass is 9.94. The Bertz CT molecular complexity index is 1540. The number of rotatable bonds is 12. The molecule has 0 radical (unpaired) electrons. The molecule has 2 amide bonds. The fourth-order valence-electron chi connectivity index (χ4n) is 4.55. The predicted octanol–water partition coefficient (Wildman–Crippen LogP) is 6.11. The number of methoxy groups -OCH3 is 1. The van der Waals surface area contributed by atoms with Crippen LogP contribution in [0.3, 0.4) is 0 Å². The van der Waals surface area contributed by atoms with E-state index in [1.165, 1.54) is 0 Å². The number of nitrogens with zero attached hydrogens (tertiary/aromatic N) is 1. The number of benzene rings is 4. The molecular formula is C33H31ClN2O5. The number of amides is 2. The van der Waals surface area contributed by atoms with Gasteiger partial charge in [-0.2, -0.15) is 0 Å². The molecule has 0 unspecified atom stereocenters. The third kappa shape index (κ3) is 7.96. The number of carboxylic acid groups (broad SMARTS) is 1. The van der Waals surface area contributed by atoms with Gasteiger partial charge in [-0.15, -0.1) is 0 Å². The lowest BCUT2D eigenvalue weighted by Crippen LogP contribution is -2.35. The largest absolute Gasteiger partial charge is 0.497 e. The zero-order chi connectivity index (χ0) is 29.2. The zero-order valence-electron chi connectivity index (χ0n) is 22.7. The monoisotopic (exact) mass is 570 g/mol. The van der Waals surface area contributed by atoms with E-state index < -0.39 is 5.97 Å². The smallest absolute Gasteiger partial charge is 0.305 e. The minimum Gasteiger partial charge on any atom is -0.497 e. The molecular weight excluding hydrogens is 540 g/mol. The number of carbonyl (C=O) groups is 3. The lowest BCUT2D eigenvalue weighted by Gasteiger charge is -2.24. The van der Waals surface area contributed by atoms with Crippen molar-refractivity contribution in [3.8, 4) is 16.9 Å². The maximum absolute atomic E-state index is 13.9. The van der Waals surface area contributed by atoms with Gasteiger partial charge in [0.1, 0.15) is 5.75 Å². The van der Waals surface area contributed by atoms with Crippen molar-refractivity contribution in [1.29, 1.82) is 0 Å². The highest BCUT2D eigenvalue weighted by atomic mass is 35.5. The normalized spacial score (nSPS) is 10.6. The predicted molar refractivity (Wildman–Crippen MR) is 159 cm³/mol. The van der Waals surface area contributed by atoms with Gasteiger partial charge in [0.2, 0.25) is 0 Å². The summed E-state index contributed by atoms with van der Waals surface area (Å²) in [6.45, 7) is 0.658. The topological polar surface area (TPSA) is 95.9 Å². The van der Waals surface area contributed by atoms with Crippen LogP contribution in [-0.2, 0) is 17.8 Å². The van der Waals surface area contributed by atoms with Crippen LogP contribution in [0, 0.1) is 0 Å². The lowest BCUT2D eigenvalue weighted by molar-refractivity contribution is -0.137. The van der Waals surface area contributed by atoms with Gasteiger partial charge in [-0.25, -0.2) is 0 Å². The van der Waals surface area contributed by atoms with Crippen molar-refractivity contribution in [2.45, 2.75) is 19.4 Å². The maximum Gasteiger partial charge on any atom is 0.305 e. The second-order valence-electron chi connectivity index (χ2n) is 9.44. The number of hydrogen-bond donors (Lipinski definition) is 2. The Morgan fingerprint density at radius 1 is 0.805 bits per heavy atom. The molecule has 2 N–H and O–H groups in total. The average Bonchev–Trinajstić information content (AvgIpc) is 2.99. The number of hydrogen-bond acceptors (Lipinski definition) is 4. The Hall–Kier alpha value is -4.62. The summed E-state index contributed by atoms with van der Waals surface area (Å²) in [5, 5.41) is 12.9. The third-order valence-electron chi connectivity index (χ3n) is 6.65. The van der Waals surface area contributed by atoms with Gasteiger partial charge in [0.15, 0.2) is 0 Å². The van der Waals surface area contributed by atoms with Gasteiger partial charge in [0.25, 0.3) is 11.8 Å². The summed E-state index contributed by atoms with van der Waals surface area (Å²) >= 11 is 6.08. The standard InChI is InChI=1S/C33H31ClN2O5/c1-41-26-11-7-8-23(21-26)16-18-36(19-17-31(37)38)33(40)30-15-5-3-13-28(30)27-12-2-4-14-29(27)32(39)35-22-24-9-6-10-25(34)20-24/h2-15,20-21H,16-19,22H2,1H3,(H,35,39)(H,37,38). The molecule has 0 saturated heterocycles. The Morgan fingerprint density at radius 3 is 2.17 bits per heavy atom. The van der Waals surface area contributed by atoms with E-state index in [9.17, 15) is 19.5 Å². The summed E-state index contributed by atoms with van der Waals surface area (Å²) in [5.74, 6) is -0.872. The van der Waals surface area contributed by atoms with E-state index in [-0.39, 0.29) is 24.8 Å². The summed E-state index contributed by atoms with van der Waals surface area (Å²) in [6.07, 6.45) is 0.335. The first-order valence-electron chi connectivity index (χ1n) is 13.2. The van der Waals surface area contributed by atoms with Crippen LogP contribution in [0.4, 0.5) is 0 Å². The molecule has 0 fully saturated rings. The Kier molecular flexibility index (Phi) is 10.1. The van der Waals surface area contributed by atoms with Crippen LogP contribution in [0.15, 0.2) is 97.1 Å². The van der Waals surface area contributed by atoms with Crippen molar-refractivity contribution in [1.82, 2.24) is 10.2 Å². The van der Waals surface area contributed by atoms with Crippen LogP contribution in [-0.4, -0.2) is 48.0 Å². The fourth-order valence-corrected chi connectivity index (χ4v) is 4.77. The molecule has 0 aliphatic rings. The fraction of sp³-hybridized carbons (Fsp3) is 0.182. The molecule has 7 nitrogen and oxygen atoms in total. The van der Waals surface area contributed by atoms with Gasteiger partial charge < -0.3 is 20.1 Å². The van der Waals surface area contributed by atoms with E-state index >= 15 is 0 Å². The van der Waals surface area contributed by atoms with E-state index in [4.69, 9.17) is 16.3 Å². The van der Waals surface area contributed by atoms with Crippen molar-refractivity contribution in [3.63, 3.8) is 0 Å². The molecule has 4 rings (SSSR count). The van der Waals surface area contributed by atoms with Gasteiger partial charge >= 0.3 is 5.97 Å². The number of ether oxygens (including phenoxy) is 1. The van der Waals surface area contributed by atoms with Gasteiger partial charge in [0, 0.05) is 35.8 Å². The quantitative estimate of drug-likeness (QED) is 0.214. The van der Waals surface area contributed by atoms with Crippen molar-refractivity contribution >= 4 is 29.4 Å². The molecule has 4 aromatic rings. The number of aliphatic carboxylic acids is 1. The average molecular weight is 571 g/mol. The molecule has 0 aliphatic heterocycles. The van der Waals surface area contributed by atoms with Crippen molar-refractivity contribution in [2.75, 3.05) is 20.2 Å². The summed E-state index contributed by atoms with van der Waals surface area (Å²) in [6, 6.07) is 29.0. The Labute approximate surface area is 244 Å². The van der Waals surface area contributed by atoms with E-state index in [1.54, 1.807) is 60.5 Å². The minimum atomic E-state index is -0.987. The molecule has 0 bridgehead atoms. The minimum absolute atomic E-state index is 0.0498. The van der Waals surface area contributed by atoms with Crippen molar-refractivity contribution < 1.29 is 24.2 Å². The molecule has 0 atom stereocenters. The SMILES string of the molecule is COc1cccc(CCN(CCC(=O)O)C(=O)c2ccccc2-c2ccccc2C(=O)NCc2cccc(Cl)c2)c1.